The first kappa shape index (κ1) is 13.7. The standard InChI is InChI=1S/C18H13N3OS/c22-18(15-11-23-17-8-4-2-6-14(15)17)21-20-10-12-9-19-16-7-3-1-5-13(12)16/h1-11,19H,(H,21,22). The zero-order valence-corrected chi connectivity index (χ0v) is 12.9. The van der Waals surface area contributed by atoms with E-state index in [2.05, 4.69) is 15.5 Å². The Morgan fingerprint density at radius 1 is 1.09 bits per heavy atom. The lowest BCUT2D eigenvalue weighted by molar-refractivity contribution is 0.0957. The molecular formula is C18H13N3OS. The van der Waals surface area contributed by atoms with Gasteiger partial charge in [-0.2, -0.15) is 5.10 Å². The number of fused-ring (bicyclic) bond motifs is 2. The van der Waals surface area contributed by atoms with Crippen molar-refractivity contribution in [3.63, 3.8) is 0 Å². The van der Waals surface area contributed by atoms with Crippen molar-refractivity contribution in [1.29, 1.82) is 0 Å². The number of carbonyl (C=O) groups excluding carboxylic acids is 1. The second kappa shape index (κ2) is 5.70. The van der Waals surface area contributed by atoms with Crippen molar-refractivity contribution in [1.82, 2.24) is 10.4 Å². The Balaban J connectivity index is 1.55. The number of benzene rings is 2. The smallest absolute Gasteiger partial charge is 0.272 e. The van der Waals surface area contributed by atoms with Gasteiger partial charge in [0, 0.05) is 38.1 Å². The molecule has 0 fully saturated rings. The fraction of sp³-hybridized carbons (Fsp3) is 0. The van der Waals surface area contributed by atoms with E-state index in [1.807, 2.05) is 60.1 Å². The van der Waals surface area contributed by atoms with Crippen LogP contribution >= 0.6 is 11.3 Å². The van der Waals surface area contributed by atoms with Crippen LogP contribution in [-0.4, -0.2) is 17.1 Å². The van der Waals surface area contributed by atoms with Crippen molar-refractivity contribution in [2.75, 3.05) is 0 Å². The first-order valence-electron chi connectivity index (χ1n) is 7.19. The minimum absolute atomic E-state index is 0.196. The number of H-pyrrole nitrogens is 1. The van der Waals surface area contributed by atoms with Gasteiger partial charge < -0.3 is 4.98 Å². The first-order valence-corrected chi connectivity index (χ1v) is 8.06. The van der Waals surface area contributed by atoms with E-state index in [0.29, 0.717) is 5.56 Å². The highest BCUT2D eigenvalue weighted by Crippen LogP contribution is 2.25. The van der Waals surface area contributed by atoms with Gasteiger partial charge in [0.05, 0.1) is 11.8 Å². The zero-order valence-electron chi connectivity index (χ0n) is 12.1. The number of nitrogens with one attached hydrogen (secondary N) is 2. The van der Waals surface area contributed by atoms with Crippen molar-refractivity contribution in [2.24, 2.45) is 5.10 Å². The largest absolute Gasteiger partial charge is 0.361 e. The molecular weight excluding hydrogens is 306 g/mol. The highest BCUT2D eigenvalue weighted by atomic mass is 32.1. The Morgan fingerprint density at radius 2 is 1.87 bits per heavy atom. The lowest BCUT2D eigenvalue weighted by Gasteiger charge is -1.98. The van der Waals surface area contributed by atoms with Crippen molar-refractivity contribution in [3.05, 3.63) is 71.2 Å². The van der Waals surface area contributed by atoms with E-state index in [-0.39, 0.29) is 5.91 Å². The Hall–Kier alpha value is -2.92. The van der Waals surface area contributed by atoms with Gasteiger partial charge >= 0.3 is 0 Å². The summed E-state index contributed by atoms with van der Waals surface area (Å²) in [5, 5.41) is 7.98. The molecule has 0 bridgehead atoms. The number of para-hydroxylation sites is 1. The SMILES string of the molecule is O=C(NN=Cc1c[nH]c2ccccc12)c1csc2ccccc12. The second-order valence-electron chi connectivity index (χ2n) is 5.13. The van der Waals surface area contributed by atoms with E-state index in [9.17, 15) is 4.79 Å². The van der Waals surface area contributed by atoms with Crippen LogP contribution in [0.3, 0.4) is 0 Å². The molecule has 2 heterocycles. The van der Waals surface area contributed by atoms with E-state index < -0.39 is 0 Å². The molecule has 4 aromatic rings. The van der Waals surface area contributed by atoms with Gasteiger partial charge in [-0.3, -0.25) is 4.79 Å². The molecule has 0 radical (unpaired) electrons. The Kier molecular flexibility index (Phi) is 3.40. The third-order valence-corrected chi connectivity index (χ3v) is 4.68. The van der Waals surface area contributed by atoms with Gasteiger partial charge in [-0.25, -0.2) is 5.43 Å². The summed E-state index contributed by atoms with van der Waals surface area (Å²) in [4.78, 5) is 15.5. The third-order valence-electron chi connectivity index (χ3n) is 3.72. The minimum Gasteiger partial charge on any atom is -0.361 e. The minimum atomic E-state index is -0.196. The molecule has 0 unspecified atom stereocenters. The number of nitrogens with zero attached hydrogens (tertiary/aromatic N) is 1. The lowest BCUT2D eigenvalue weighted by Crippen LogP contribution is -2.17. The topological polar surface area (TPSA) is 57.2 Å². The number of aromatic amines is 1. The highest BCUT2D eigenvalue weighted by molar-refractivity contribution is 7.17. The molecule has 5 heteroatoms. The molecule has 2 N–H and O–H groups in total. The van der Waals surface area contributed by atoms with Crippen LogP contribution in [0.1, 0.15) is 15.9 Å². The summed E-state index contributed by atoms with van der Waals surface area (Å²) in [6, 6.07) is 15.8. The maximum atomic E-state index is 12.3. The molecule has 0 saturated heterocycles. The molecule has 0 saturated carbocycles. The highest BCUT2D eigenvalue weighted by Gasteiger charge is 2.10. The first-order chi connectivity index (χ1) is 11.3. The van der Waals surface area contributed by atoms with Crippen LogP contribution in [-0.2, 0) is 0 Å². The molecule has 23 heavy (non-hydrogen) atoms. The van der Waals surface area contributed by atoms with Crippen LogP contribution in [0.2, 0.25) is 0 Å². The zero-order chi connectivity index (χ0) is 15.6. The molecule has 112 valence electrons. The van der Waals surface area contributed by atoms with Crippen LogP contribution < -0.4 is 5.43 Å². The quantitative estimate of drug-likeness (QED) is 0.432. The summed E-state index contributed by atoms with van der Waals surface area (Å²) in [6.45, 7) is 0. The van der Waals surface area contributed by atoms with Crippen molar-refractivity contribution in [2.45, 2.75) is 0 Å². The number of hydrazone groups is 1. The van der Waals surface area contributed by atoms with Gasteiger partial charge in [-0.15, -0.1) is 11.3 Å². The van der Waals surface area contributed by atoms with E-state index in [1.54, 1.807) is 17.6 Å². The van der Waals surface area contributed by atoms with Gasteiger partial charge in [0.15, 0.2) is 0 Å². The van der Waals surface area contributed by atoms with E-state index in [0.717, 1.165) is 26.6 Å². The van der Waals surface area contributed by atoms with Crippen LogP contribution in [0.4, 0.5) is 0 Å². The number of hydrogen-bond acceptors (Lipinski definition) is 3. The van der Waals surface area contributed by atoms with Crippen molar-refractivity contribution >= 4 is 44.4 Å². The van der Waals surface area contributed by atoms with Crippen LogP contribution in [0.15, 0.2) is 65.2 Å². The molecule has 2 aromatic heterocycles. The van der Waals surface area contributed by atoms with Crippen LogP contribution in [0.5, 0.6) is 0 Å². The Labute approximate surface area is 136 Å². The van der Waals surface area contributed by atoms with E-state index in [1.165, 1.54) is 0 Å². The molecule has 4 rings (SSSR count). The number of rotatable bonds is 3. The second-order valence-corrected chi connectivity index (χ2v) is 6.05. The predicted octanol–water partition coefficient (Wildman–Crippen LogP) is 4.15. The van der Waals surface area contributed by atoms with Crippen LogP contribution in [0.25, 0.3) is 21.0 Å². The maximum Gasteiger partial charge on any atom is 0.272 e. The molecule has 0 atom stereocenters. The molecule has 2 aromatic carbocycles. The third kappa shape index (κ3) is 2.51. The van der Waals surface area contributed by atoms with Gasteiger partial charge in [-0.05, 0) is 12.1 Å². The number of hydrogen-bond donors (Lipinski definition) is 2. The fourth-order valence-electron chi connectivity index (χ4n) is 2.58. The van der Waals surface area contributed by atoms with E-state index >= 15 is 0 Å². The molecule has 0 aliphatic carbocycles. The molecule has 0 aliphatic rings. The number of amides is 1. The van der Waals surface area contributed by atoms with Crippen LogP contribution in [0, 0.1) is 0 Å². The van der Waals surface area contributed by atoms with Gasteiger partial charge in [0.2, 0.25) is 0 Å². The molecule has 0 aliphatic heterocycles. The molecule has 1 amide bonds. The number of thiophene rings is 1. The normalized spacial score (nSPS) is 11.5. The molecule has 4 nitrogen and oxygen atoms in total. The van der Waals surface area contributed by atoms with Gasteiger partial charge in [0.1, 0.15) is 0 Å². The molecule has 0 spiro atoms. The number of aromatic nitrogens is 1. The predicted molar refractivity (Wildman–Crippen MR) is 95.2 cm³/mol. The summed E-state index contributed by atoms with van der Waals surface area (Å²) in [6.07, 6.45) is 3.53. The van der Waals surface area contributed by atoms with Crippen molar-refractivity contribution in [3.8, 4) is 0 Å². The summed E-state index contributed by atoms with van der Waals surface area (Å²) >= 11 is 1.56. The summed E-state index contributed by atoms with van der Waals surface area (Å²) < 4.78 is 1.10. The number of carbonyl (C=O) groups is 1. The van der Waals surface area contributed by atoms with Gasteiger partial charge in [0.25, 0.3) is 5.91 Å². The summed E-state index contributed by atoms with van der Waals surface area (Å²) in [5.74, 6) is -0.196. The summed E-state index contributed by atoms with van der Waals surface area (Å²) in [5.41, 5.74) is 5.24. The average molecular weight is 319 g/mol. The van der Waals surface area contributed by atoms with E-state index in [4.69, 9.17) is 0 Å². The van der Waals surface area contributed by atoms with Gasteiger partial charge in [-0.1, -0.05) is 36.4 Å². The Morgan fingerprint density at radius 3 is 2.78 bits per heavy atom. The lowest BCUT2D eigenvalue weighted by atomic mass is 10.2. The Bertz CT molecular complexity index is 1030. The maximum absolute atomic E-state index is 12.3. The average Bonchev–Trinajstić information content (AvgIpc) is 3.19. The monoisotopic (exact) mass is 319 g/mol. The van der Waals surface area contributed by atoms with Crippen molar-refractivity contribution < 1.29 is 4.79 Å². The summed E-state index contributed by atoms with van der Waals surface area (Å²) in [7, 11) is 0. The fourth-order valence-corrected chi connectivity index (χ4v) is 3.52.